The van der Waals surface area contributed by atoms with Gasteiger partial charge in [0, 0.05) is 5.56 Å². The van der Waals surface area contributed by atoms with Crippen LogP contribution in [0.25, 0.3) is 0 Å². The van der Waals surface area contributed by atoms with Crippen molar-refractivity contribution in [3.63, 3.8) is 0 Å². The molecule has 0 aliphatic rings. The summed E-state index contributed by atoms with van der Waals surface area (Å²) in [5, 5.41) is 0.171. The maximum absolute atomic E-state index is 13.5. The van der Waals surface area contributed by atoms with Gasteiger partial charge < -0.3 is 9.47 Å². The molecule has 1 atom stereocenters. The summed E-state index contributed by atoms with van der Waals surface area (Å²) in [5.41, 5.74) is 4.18. The van der Waals surface area contributed by atoms with Crippen LogP contribution in [0.5, 0.6) is 11.5 Å². The first-order valence-electron chi connectivity index (χ1n) is 10.2. The van der Waals surface area contributed by atoms with E-state index >= 15 is 0 Å². The van der Waals surface area contributed by atoms with E-state index < -0.39 is 13.3 Å². The minimum atomic E-state index is -2.54. The number of rotatable bonds is 7. The highest BCUT2D eigenvalue weighted by molar-refractivity contribution is 7.71. The SMILES string of the molecule is COc1ccc([P+](=O)C(=O)c2c(C)cc(C)c(C)c2C)c(OC)c1C(=O)c1ccccc1. The summed E-state index contributed by atoms with van der Waals surface area (Å²) in [6, 6.07) is 13.7. The van der Waals surface area contributed by atoms with Crippen LogP contribution in [-0.2, 0) is 4.57 Å². The zero-order chi connectivity index (χ0) is 23.6. The maximum atomic E-state index is 13.5. The molecule has 0 bridgehead atoms. The van der Waals surface area contributed by atoms with Gasteiger partial charge in [-0.15, -0.1) is 0 Å². The van der Waals surface area contributed by atoms with Crippen LogP contribution in [-0.4, -0.2) is 25.5 Å². The van der Waals surface area contributed by atoms with Crippen LogP contribution >= 0.6 is 7.80 Å². The van der Waals surface area contributed by atoms with E-state index in [1.54, 1.807) is 30.3 Å². The van der Waals surface area contributed by atoms with Crippen molar-refractivity contribution >= 4 is 24.4 Å². The Morgan fingerprint density at radius 3 is 2.03 bits per heavy atom. The summed E-state index contributed by atoms with van der Waals surface area (Å²) >= 11 is 0. The number of ether oxygens (including phenoxy) is 2. The molecule has 0 saturated carbocycles. The summed E-state index contributed by atoms with van der Waals surface area (Å²) in [7, 11) is 0.294. The highest BCUT2D eigenvalue weighted by Crippen LogP contribution is 2.39. The molecule has 5 nitrogen and oxygen atoms in total. The van der Waals surface area contributed by atoms with E-state index in [4.69, 9.17) is 9.47 Å². The molecular formula is C26H26O5P+. The average molecular weight is 449 g/mol. The first kappa shape index (κ1) is 23.4. The van der Waals surface area contributed by atoms with Crippen LogP contribution in [0.2, 0.25) is 0 Å². The van der Waals surface area contributed by atoms with Crippen molar-refractivity contribution in [2.24, 2.45) is 0 Å². The molecule has 0 amide bonds. The second kappa shape index (κ2) is 9.46. The quantitative estimate of drug-likeness (QED) is 0.354. The molecule has 0 spiro atoms. The third kappa shape index (κ3) is 4.09. The zero-order valence-electron chi connectivity index (χ0n) is 19.1. The van der Waals surface area contributed by atoms with Crippen molar-refractivity contribution in [2.75, 3.05) is 14.2 Å². The molecule has 0 saturated heterocycles. The lowest BCUT2D eigenvalue weighted by molar-refractivity contribution is 0.103. The zero-order valence-corrected chi connectivity index (χ0v) is 20.0. The van der Waals surface area contributed by atoms with E-state index in [0.29, 0.717) is 11.1 Å². The number of aryl methyl sites for hydroxylation is 2. The molecule has 6 heteroatoms. The van der Waals surface area contributed by atoms with Crippen molar-refractivity contribution < 1.29 is 23.6 Å². The Hall–Kier alpha value is -3.30. The molecule has 0 fully saturated rings. The topological polar surface area (TPSA) is 69.7 Å². The highest BCUT2D eigenvalue weighted by Gasteiger charge is 2.40. The molecule has 0 heterocycles. The molecule has 0 aliphatic heterocycles. The third-order valence-electron chi connectivity index (χ3n) is 5.76. The second-order valence-corrected chi connectivity index (χ2v) is 9.10. The van der Waals surface area contributed by atoms with Gasteiger partial charge >= 0.3 is 13.3 Å². The van der Waals surface area contributed by atoms with Gasteiger partial charge in [0.25, 0.3) is 0 Å². The van der Waals surface area contributed by atoms with Gasteiger partial charge in [0.1, 0.15) is 11.3 Å². The molecule has 0 radical (unpaired) electrons. The first-order valence-corrected chi connectivity index (χ1v) is 11.4. The Labute approximate surface area is 189 Å². The highest BCUT2D eigenvalue weighted by atomic mass is 31.1. The van der Waals surface area contributed by atoms with Crippen LogP contribution in [0.4, 0.5) is 0 Å². The van der Waals surface area contributed by atoms with Crippen LogP contribution in [0, 0.1) is 27.7 Å². The number of benzene rings is 3. The lowest BCUT2D eigenvalue weighted by Gasteiger charge is -2.13. The number of ketones is 1. The molecule has 0 N–H and O–H groups in total. The minimum Gasteiger partial charge on any atom is -0.496 e. The molecule has 3 rings (SSSR count). The van der Waals surface area contributed by atoms with E-state index in [9.17, 15) is 14.2 Å². The number of methoxy groups -OCH3 is 2. The molecule has 3 aromatic rings. The van der Waals surface area contributed by atoms with Crippen LogP contribution in [0.1, 0.15) is 48.5 Å². The predicted octanol–water partition coefficient (Wildman–Crippen LogP) is 5.46. The fourth-order valence-electron chi connectivity index (χ4n) is 3.86. The summed E-state index contributed by atoms with van der Waals surface area (Å²) in [5.74, 6) is 0.0381. The van der Waals surface area contributed by atoms with Crippen LogP contribution in [0.3, 0.4) is 0 Å². The summed E-state index contributed by atoms with van der Waals surface area (Å²) in [4.78, 5) is 26.6. The molecular weight excluding hydrogens is 423 g/mol. The molecule has 1 unspecified atom stereocenters. The smallest absolute Gasteiger partial charge is 0.462 e. The van der Waals surface area contributed by atoms with E-state index in [2.05, 4.69) is 0 Å². The summed E-state index contributed by atoms with van der Waals surface area (Å²) in [6.45, 7) is 7.63. The van der Waals surface area contributed by atoms with Gasteiger partial charge in [-0.05, 0) is 62.1 Å². The molecule has 0 aliphatic carbocycles. The minimum absolute atomic E-state index is 0.0896. The molecule has 32 heavy (non-hydrogen) atoms. The number of hydrogen-bond donors (Lipinski definition) is 0. The standard InChI is InChI=1S/C26H26O5P/c1-15-14-16(2)22(18(4)17(15)3)26(28)32(29)21-13-12-20(30-5)23(25(21)31-6)24(27)19-10-8-7-9-11-19/h7-14H,1-6H3/q+1. The Morgan fingerprint density at radius 2 is 1.44 bits per heavy atom. The fraction of sp³-hybridized carbons (Fsp3) is 0.231. The molecule has 3 aromatic carbocycles. The largest absolute Gasteiger partial charge is 0.496 e. The van der Waals surface area contributed by atoms with E-state index in [0.717, 1.165) is 22.3 Å². The van der Waals surface area contributed by atoms with Crippen LogP contribution in [0.15, 0.2) is 48.5 Å². The van der Waals surface area contributed by atoms with Gasteiger partial charge in [0.15, 0.2) is 5.75 Å². The normalized spacial score (nSPS) is 11.1. The van der Waals surface area contributed by atoms with Gasteiger partial charge in [0.05, 0.1) is 19.8 Å². The van der Waals surface area contributed by atoms with Crippen molar-refractivity contribution in [1.29, 1.82) is 0 Å². The maximum Gasteiger partial charge on any atom is 0.462 e. The van der Waals surface area contributed by atoms with Gasteiger partial charge in [-0.3, -0.25) is 4.79 Å². The summed E-state index contributed by atoms with van der Waals surface area (Å²) < 4.78 is 24.4. The van der Waals surface area contributed by atoms with E-state index in [1.165, 1.54) is 20.3 Å². The fourth-order valence-corrected chi connectivity index (χ4v) is 5.23. The lowest BCUT2D eigenvalue weighted by Crippen LogP contribution is -2.16. The third-order valence-corrected chi connectivity index (χ3v) is 7.14. The summed E-state index contributed by atoms with van der Waals surface area (Å²) in [6.07, 6.45) is 0. The Morgan fingerprint density at radius 1 is 0.781 bits per heavy atom. The number of carbonyl (C=O) groups excluding carboxylic acids is 2. The van der Waals surface area contributed by atoms with Gasteiger partial charge in [-0.2, -0.15) is 0 Å². The average Bonchev–Trinajstić information content (AvgIpc) is 2.81. The van der Waals surface area contributed by atoms with Crippen molar-refractivity contribution in [3.05, 3.63) is 87.5 Å². The Kier molecular flexibility index (Phi) is 6.90. The van der Waals surface area contributed by atoms with Crippen molar-refractivity contribution in [3.8, 4) is 11.5 Å². The number of carbonyl (C=O) groups is 2. The Balaban J connectivity index is 2.17. The van der Waals surface area contributed by atoms with E-state index in [-0.39, 0.29) is 28.2 Å². The number of hydrogen-bond acceptors (Lipinski definition) is 5. The first-order chi connectivity index (χ1) is 15.2. The van der Waals surface area contributed by atoms with Gasteiger partial charge in [-0.25, -0.2) is 4.79 Å². The van der Waals surface area contributed by atoms with Crippen molar-refractivity contribution in [2.45, 2.75) is 27.7 Å². The van der Waals surface area contributed by atoms with E-state index in [1.807, 2.05) is 39.8 Å². The molecule has 164 valence electrons. The lowest BCUT2D eigenvalue weighted by atomic mass is 9.95. The van der Waals surface area contributed by atoms with Crippen molar-refractivity contribution in [1.82, 2.24) is 0 Å². The Bertz CT molecular complexity index is 1230. The van der Waals surface area contributed by atoms with Crippen LogP contribution < -0.4 is 14.8 Å². The van der Waals surface area contributed by atoms with Gasteiger partial charge in [-0.1, -0.05) is 41.0 Å². The predicted molar refractivity (Wildman–Crippen MR) is 126 cm³/mol. The van der Waals surface area contributed by atoms with Gasteiger partial charge in [0.2, 0.25) is 11.1 Å². The second-order valence-electron chi connectivity index (χ2n) is 7.63. The molecule has 0 aromatic heterocycles. The monoisotopic (exact) mass is 449 g/mol.